The van der Waals surface area contributed by atoms with Crippen molar-refractivity contribution in [1.29, 1.82) is 0 Å². The number of esters is 1. The highest BCUT2D eigenvalue weighted by Crippen LogP contribution is 2.25. The van der Waals surface area contributed by atoms with Gasteiger partial charge >= 0.3 is 5.97 Å². The van der Waals surface area contributed by atoms with Crippen LogP contribution in [-0.2, 0) is 26.2 Å². The highest BCUT2D eigenvalue weighted by atomic mass is 32.2. The zero-order valence-corrected chi connectivity index (χ0v) is 17.8. The summed E-state index contributed by atoms with van der Waals surface area (Å²) in [5.74, 6) is 0.864. The molecule has 0 fully saturated rings. The lowest BCUT2D eigenvalue weighted by Gasteiger charge is -2.15. The van der Waals surface area contributed by atoms with Gasteiger partial charge in [-0.2, -0.15) is 4.72 Å². The van der Waals surface area contributed by atoms with Crippen LogP contribution in [0.3, 0.4) is 0 Å². The van der Waals surface area contributed by atoms with E-state index in [4.69, 9.17) is 14.2 Å². The summed E-state index contributed by atoms with van der Waals surface area (Å²) in [7, 11) is -2.41. The molecule has 0 aliphatic carbocycles. The number of pyridine rings is 1. The molecule has 9 heteroatoms. The molecule has 0 amide bonds. The number of nitrogens with one attached hydrogen (secondary N) is 1. The van der Waals surface area contributed by atoms with Gasteiger partial charge in [0, 0.05) is 11.8 Å². The summed E-state index contributed by atoms with van der Waals surface area (Å²) < 4.78 is 43.4. The number of hydrogen-bond donors (Lipinski definition) is 1. The van der Waals surface area contributed by atoms with Gasteiger partial charge in [0.15, 0.2) is 0 Å². The number of carbonyl (C=O) groups is 1. The Kier molecular flexibility index (Phi) is 7.22. The predicted molar refractivity (Wildman–Crippen MR) is 113 cm³/mol. The minimum Gasteiger partial charge on any atom is -0.497 e. The smallest absolute Gasteiger partial charge is 0.324 e. The molecule has 2 aromatic carbocycles. The van der Waals surface area contributed by atoms with E-state index >= 15 is 0 Å². The van der Waals surface area contributed by atoms with E-state index in [0.717, 1.165) is 0 Å². The van der Waals surface area contributed by atoms with Crippen LogP contribution in [0.1, 0.15) is 12.5 Å². The Hall–Kier alpha value is -3.43. The van der Waals surface area contributed by atoms with Gasteiger partial charge in [0.2, 0.25) is 10.0 Å². The van der Waals surface area contributed by atoms with E-state index in [2.05, 4.69) is 9.71 Å². The molecule has 3 aromatic rings. The minimum atomic E-state index is -3.90. The van der Waals surface area contributed by atoms with E-state index in [1.54, 1.807) is 48.8 Å². The predicted octanol–water partition coefficient (Wildman–Crippen LogP) is 3.29. The van der Waals surface area contributed by atoms with Crippen molar-refractivity contribution in [2.75, 3.05) is 7.11 Å². The van der Waals surface area contributed by atoms with Gasteiger partial charge in [-0.3, -0.25) is 9.78 Å². The van der Waals surface area contributed by atoms with E-state index < -0.39 is 22.0 Å². The number of sulfonamides is 1. The maximum atomic E-state index is 12.5. The summed E-state index contributed by atoms with van der Waals surface area (Å²) in [6, 6.07) is 15.3. The minimum absolute atomic E-state index is 0.0168. The zero-order valence-electron chi connectivity index (χ0n) is 17.0. The van der Waals surface area contributed by atoms with Crippen molar-refractivity contribution in [3.05, 3.63) is 78.6 Å². The van der Waals surface area contributed by atoms with Crippen molar-refractivity contribution in [2.45, 2.75) is 24.5 Å². The normalized spacial score (nSPS) is 12.1. The summed E-state index contributed by atoms with van der Waals surface area (Å²) in [5, 5.41) is 0. The Morgan fingerprint density at radius 3 is 2.45 bits per heavy atom. The number of nitrogens with zero attached hydrogens (tertiary/aromatic N) is 1. The second kappa shape index (κ2) is 10.1. The number of methoxy groups -OCH3 is 1. The van der Waals surface area contributed by atoms with Crippen molar-refractivity contribution in [3.8, 4) is 17.2 Å². The molecule has 0 saturated carbocycles. The first-order valence-corrected chi connectivity index (χ1v) is 10.9. The van der Waals surface area contributed by atoms with Crippen LogP contribution < -0.4 is 14.2 Å². The van der Waals surface area contributed by atoms with Crippen LogP contribution in [0.5, 0.6) is 17.2 Å². The molecule has 0 aliphatic heterocycles. The fourth-order valence-corrected chi connectivity index (χ4v) is 3.83. The number of carbonyl (C=O) groups excluding carboxylic acids is 1. The summed E-state index contributed by atoms with van der Waals surface area (Å²) >= 11 is 0. The van der Waals surface area contributed by atoms with E-state index in [9.17, 15) is 13.2 Å². The van der Waals surface area contributed by atoms with Gasteiger partial charge in [0.25, 0.3) is 0 Å². The lowest BCUT2D eigenvalue weighted by Crippen LogP contribution is -2.39. The monoisotopic (exact) mass is 442 g/mol. The Balaban J connectivity index is 1.61. The molecule has 8 nitrogen and oxygen atoms in total. The van der Waals surface area contributed by atoms with Gasteiger partial charge in [0.05, 0.1) is 18.2 Å². The first-order chi connectivity index (χ1) is 14.9. The van der Waals surface area contributed by atoms with Crippen LogP contribution in [0.2, 0.25) is 0 Å². The quantitative estimate of drug-likeness (QED) is 0.507. The number of para-hydroxylation sites is 1. The average Bonchev–Trinajstić information content (AvgIpc) is 2.78. The van der Waals surface area contributed by atoms with Gasteiger partial charge in [0.1, 0.15) is 29.9 Å². The highest BCUT2D eigenvalue weighted by Gasteiger charge is 2.23. The fraction of sp³-hybridized carbons (Fsp3) is 0.182. The summed E-state index contributed by atoms with van der Waals surface area (Å²) in [4.78, 5) is 16.4. The fourth-order valence-electron chi connectivity index (χ4n) is 2.63. The molecule has 0 aliphatic rings. The molecule has 0 radical (unpaired) electrons. The van der Waals surface area contributed by atoms with Gasteiger partial charge in [-0.15, -0.1) is 0 Å². The lowest BCUT2D eigenvalue weighted by atomic mass is 10.2. The molecule has 0 bridgehead atoms. The summed E-state index contributed by atoms with van der Waals surface area (Å²) in [6.07, 6.45) is 3.20. The SMILES string of the molecule is COc1ccc(S(=O)(=O)N[C@@H](C)C(=O)OCc2ccccc2Oc2cccnc2)cc1. The van der Waals surface area contributed by atoms with E-state index in [1.807, 2.05) is 0 Å². The van der Waals surface area contributed by atoms with E-state index in [0.29, 0.717) is 22.8 Å². The Bertz CT molecular complexity index is 1120. The first-order valence-electron chi connectivity index (χ1n) is 9.38. The van der Waals surface area contributed by atoms with Crippen molar-refractivity contribution in [1.82, 2.24) is 9.71 Å². The third-order valence-corrected chi connectivity index (χ3v) is 5.82. The largest absolute Gasteiger partial charge is 0.497 e. The first kappa shape index (κ1) is 22.3. The molecule has 31 heavy (non-hydrogen) atoms. The third-order valence-electron chi connectivity index (χ3n) is 4.26. The molecule has 162 valence electrons. The highest BCUT2D eigenvalue weighted by molar-refractivity contribution is 7.89. The molecular weight excluding hydrogens is 420 g/mol. The van der Waals surface area contributed by atoms with Crippen LogP contribution in [-0.4, -0.2) is 32.5 Å². The van der Waals surface area contributed by atoms with E-state index in [1.165, 1.54) is 38.3 Å². The van der Waals surface area contributed by atoms with Crippen molar-refractivity contribution in [2.24, 2.45) is 0 Å². The van der Waals surface area contributed by atoms with Gasteiger partial charge in [-0.25, -0.2) is 8.42 Å². The molecule has 0 unspecified atom stereocenters. The van der Waals surface area contributed by atoms with Crippen molar-refractivity contribution in [3.63, 3.8) is 0 Å². The molecule has 0 saturated heterocycles. The van der Waals surface area contributed by atoms with Crippen LogP contribution in [0.25, 0.3) is 0 Å². The summed E-state index contributed by atoms with van der Waals surface area (Å²) in [6.45, 7) is 1.34. The molecular formula is C22H22N2O6S. The zero-order chi connectivity index (χ0) is 22.3. The maximum Gasteiger partial charge on any atom is 0.324 e. The lowest BCUT2D eigenvalue weighted by molar-refractivity contribution is -0.146. The van der Waals surface area contributed by atoms with Gasteiger partial charge in [-0.1, -0.05) is 18.2 Å². The van der Waals surface area contributed by atoms with Gasteiger partial charge < -0.3 is 14.2 Å². The number of benzene rings is 2. The maximum absolute atomic E-state index is 12.5. The molecule has 1 heterocycles. The van der Waals surface area contributed by atoms with Crippen LogP contribution in [0.15, 0.2) is 78.0 Å². The van der Waals surface area contributed by atoms with Crippen molar-refractivity contribution < 1.29 is 27.4 Å². The van der Waals surface area contributed by atoms with Crippen molar-refractivity contribution >= 4 is 16.0 Å². The summed E-state index contributed by atoms with van der Waals surface area (Å²) in [5.41, 5.74) is 0.630. The van der Waals surface area contributed by atoms with E-state index in [-0.39, 0.29) is 11.5 Å². The number of rotatable bonds is 9. The molecule has 1 aromatic heterocycles. The van der Waals surface area contributed by atoms with Crippen LogP contribution in [0, 0.1) is 0 Å². The Labute approximate surface area is 180 Å². The standard InChI is InChI=1S/C22H22N2O6S/c1-16(24-31(26,27)20-11-9-18(28-2)10-12-20)22(25)29-15-17-6-3-4-8-21(17)30-19-7-5-13-23-14-19/h3-14,16,24H,15H2,1-2H3/t16-/m0/s1. The Morgan fingerprint density at radius 1 is 1.03 bits per heavy atom. The molecule has 1 atom stereocenters. The van der Waals surface area contributed by atoms with Crippen LogP contribution >= 0.6 is 0 Å². The average molecular weight is 442 g/mol. The second-order valence-electron chi connectivity index (χ2n) is 6.52. The second-order valence-corrected chi connectivity index (χ2v) is 8.24. The number of hydrogen-bond acceptors (Lipinski definition) is 7. The molecule has 0 spiro atoms. The van der Waals surface area contributed by atoms with Gasteiger partial charge in [-0.05, 0) is 49.4 Å². The third kappa shape index (κ3) is 6.03. The number of ether oxygens (including phenoxy) is 3. The Morgan fingerprint density at radius 2 is 1.77 bits per heavy atom. The molecule has 1 N–H and O–H groups in total. The van der Waals surface area contributed by atoms with Crippen LogP contribution in [0.4, 0.5) is 0 Å². The number of aromatic nitrogens is 1. The topological polar surface area (TPSA) is 104 Å². The molecule has 3 rings (SSSR count).